The quantitative estimate of drug-likeness (QED) is 0.651. The van der Waals surface area contributed by atoms with E-state index < -0.39 is 0 Å². The van der Waals surface area contributed by atoms with Crippen LogP contribution in [0.3, 0.4) is 0 Å². The average Bonchev–Trinajstić information content (AvgIpc) is 2.14. The second-order valence-corrected chi connectivity index (χ2v) is 3.08. The molecule has 0 aliphatic carbocycles. The molecule has 9 heavy (non-hydrogen) atoms. The maximum Gasteiger partial charge on any atom is 0.0190 e. The van der Waals surface area contributed by atoms with E-state index in [0.29, 0.717) is 0 Å². The Balaban J connectivity index is 0.000000640. The highest BCUT2D eigenvalue weighted by Crippen LogP contribution is 2.15. The largest absolute Gasteiger partial charge is 0.303 e. The number of hydrogen-bond acceptors (Lipinski definition) is 1. The third-order valence-corrected chi connectivity index (χ3v) is 2.60. The molecule has 0 bridgehead atoms. The first-order valence-electron chi connectivity index (χ1n) is 3.11. The second kappa shape index (κ2) is 4.69. The maximum absolute atomic E-state index is 3.47. The molecule has 1 nitrogen and oxygen atoms in total. The first-order valence-corrected chi connectivity index (χ1v) is 4.23. The van der Waals surface area contributed by atoms with Crippen molar-refractivity contribution in [2.75, 3.05) is 18.9 Å². The van der Waals surface area contributed by atoms with Crippen LogP contribution in [0.5, 0.6) is 0 Å². The molecule has 0 amide bonds. The van der Waals surface area contributed by atoms with E-state index in [1.54, 1.807) is 0 Å². The van der Waals surface area contributed by atoms with Gasteiger partial charge < -0.3 is 4.90 Å². The van der Waals surface area contributed by atoms with Crippen molar-refractivity contribution >= 4 is 32.9 Å². The molecule has 0 aromatic rings. The molecular weight excluding hydrogens is 246 g/mol. The number of halogens is 2. The third kappa shape index (κ3) is 2.56. The summed E-state index contributed by atoms with van der Waals surface area (Å²) in [6.45, 7) is 1.29. The number of alkyl halides is 1. The van der Waals surface area contributed by atoms with Gasteiger partial charge in [-0.3, -0.25) is 0 Å². The summed E-state index contributed by atoms with van der Waals surface area (Å²) in [6, 6.07) is 0.815. The van der Waals surface area contributed by atoms with Crippen LogP contribution in [0, 0.1) is 0 Å². The molecule has 0 radical (unpaired) electrons. The van der Waals surface area contributed by atoms with E-state index in [1.165, 1.54) is 19.4 Å². The monoisotopic (exact) mass is 257 g/mol. The van der Waals surface area contributed by atoms with Gasteiger partial charge in [-0.25, -0.2) is 0 Å². The van der Waals surface area contributed by atoms with E-state index in [0.717, 1.165) is 11.4 Å². The summed E-state index contributed by atoms with van der Waals surface area (Å²) in [5.74, 6) is 0. The molecule has 0 spiro atoms. The van der Waals surface area contributed by atoms with Gasteiger partial charge in [0.25, 0.3) is 0 Å². The summed E-state index contributed by atoms with van der Waals surface area (Å²) in [5.41, 5.74) is 0. The van der Waals surface area contributed by atoms with Gasteiger partial charge in [0.1, 0.15) is 0 Å². The number of rotatable bonds is 1. The Labute approximate surface area is 75.7 Å². The van der Waals surface area contributed by atoms with Crippen LogP contribution in [-0.4, -0.2) is 29.9 Å². The van der Waals surface area contributed by atoms with Gasteiger partial charge in [0.15, 0.2) is 0 Å². The van der Waals surface area contributed by atoms with E-state index in [1.807, 2.05) is 0 Å². The molecule has 1 saturated heterocycles. The molecule has 1 heterocycles. The molecule has 1 fully saturated rings. The summed E-state index contributed by atoms with van der Waals surface area (Å²) in [7, 11) is 2.19. The molecule has 1 aliphatic rings. The SMILES string of the molecule is Br.CN1CCC[C@H]1CBr. The Morgan fingerprint density at radius 3 is 2.56 bits per heavy atom. The van der Waals surface area contributed by atoms with Crippen LogP contribution < -0.4 is 0 Å². The first-order chi connectivity index (χ1) is 3.84. The van der Waals surface area contributed by atoms with Gasteiger partial charge in [-0.15, -0.1) is 17.0 Å². The van der Waals surface area contributed by atoms with Crippen molar-refractivity contribution in [3.8, 4) is 0 Å². The summed E-state index contributed by atoms with van der Waals surface area (Å²) in [5, 5.41) is 1.14. The minimum atomic E-state index is 0. The molecule has 3 heteroatoms. The highest BCUT2D eigenvalue weighted by Gasteiger charge is 2.18. The van der Waals surface area contributed by atoms with Crippen molar-refractivity contribution in [2.24, 2.45) is 0 Å². The van der Waals surface area contributed by atoms with Crippen LogP contribution in [0.1, 0.15) is 12.8 Å². The predicted molar refractivity (Wildman–Crippen MR) is 49.8 cm³/mol. The van der Waals surface area contributed by atoms with Crippen molar-refractivity contribution in [1.82, 2.24) is 4.90 Å². The van der Waals surface area contributed by atoms with E-state index in [2.05, 4.69) is 27.9 Å². The molecule has 0 aromatic heterocycles. The Hall–Kier alpha value is 0.920. The summed E-state index contributed by atoms with van der Waals surface area (Å²) < 4.78 is 0. The summed E-state index contributed by atoms with van der Waals surface area (Å²) in [4.78, 5) is 2.41. The molecule has 1 atom stereocenters. The Morgan fingerprint density at radius 2 is 2.33 bits per heavy atom. The fourth-order valence-corrected chi connectivity index (χ4v) is 1.99. The molecule has 1 rings (SSSR count). The van der Waals surface area contributed by atoms with Crippen LogP contribution in [0.4, 0.5) is 0 Å². The molecule has 0 N–H and O–H groups in total. The van der Waals surface area contributed by atoms with Crippen molar-refractivity contribution < 1.29 is 0 Å². The lowest BCUT2D eigenvalue weighted by molar-refractivity contribution is 0.336. The number of likely N-dealkylation sites (tertiary alicyclic amines) is 1. The lowest BCUT2D eigenvalue weighted by Crippen LogP contribution is -2.25. The zero-order chi connectivity index (χ0) is 5.98. The standard InChI is InChI=1S/C6H12BrN.BrH/c1-8-4-2-3-6(8)5-7;/h6H,2-5H2,1H3;1H/t6-;/m0./s1. The van der Waals surface area contributed by atoms with Gasteiger partial charge in [0, 0.05) is 11.4 Å². The van der Waals surface area contributed by atoms with E-state index in [4.69, 9.17) is 0 Å². The minimum absolute atomic E-state index is 0. The first kappa shape index (κ1) is 9.92. The Bertz CT molecular complexity index is 77.5. The van der Waals surface area contributed by atoms with Crippen LogP contribution in [0.15, 0.2) is 0 Å². The lowest BCUT2D eigenvalue weighted by Gasteiger charge is -2.15. The van der Waals surface area contributed by atoms with Gasteiger partial charge in [-0.05, 0) is 26.4 Å². The molecule has 56 valence electrons. The molecule has 0 unspecified atom stereocenters. The zero-order valence-electron chi connectivity index (χ0n) is 5.64. The minimum Gasteiger partial charge on any atom is -0.303 e. The van der Waals surface area contributed by atoms with Crippen LogP contribution in [0.2, 0.25) is 0 Å². The Morgan fingerprint density at radius 1 is 1.67 bits per heavy atom. The summed E-state index contributed by atoms with van der Waals surface area (Å²) >= 11 is 3.47. The van der Waals surface area contributed by atoms with Gasteiger partial charge in [-0.1, -0.05) is 15.9 Å². The zero-order valence-corrected chi connectivity index (χ0v) is 8.94. The fraction of sp³-hybridized carbons (Fsp3) is 1.00. The van der Waals surface area contributed by atoms with Crippen molar-refractivity contribution in [1.29, 1.82) is 0 Å². The number of hydrogen-bond donors (Lipinski definition) is 0. The maximum atomic E-state index is 3.47. The van der Waals surface area contributed by atoms with E-state index in [9.17, 15) is 0 Å². The highest BCUT2D eigenvalue weighted by atomic mass is 79.9. The van der Waals surface area contributed by atoms with E-state index >= 15 is 0 Å². The van der Waals surface area contributed by atoms with Gasteiger partial charge in [0.2, 0.25) is 0 Å². The van der Waals surface area contributed by atoms with Crippen LogP contribution in [-0.2, 0) is 0 Å². The molecule has 1 aliphatic heterocycles. The van der Waals surface area contributed by atoms with Gasteiger partial charge in [0.05, 0.1) is 0 Å². The highest BCUT2D eigenvalue weighted by molar-refractivity contribution is 9.09. The van der Waals surface area contributed by atoms with Crippen molar-refractivity contribution in [2.45, 2.75) is 18.9 Å². The topological polar surface area (TPSA) is 3.24 Å². The van der Waals surface area contributed by atoms with Crippen LogP contribution in [0.25, 0.3) is 0 Å². The number of nitrogens with zero attached hydrogens (tertiary/aromatic N) is 1. The average molecular weight is 259 g/mol. The second-order valence-electron chi connectivity index (χ2n) is 2.43. The smallest absolute Gasteiger partial charge is 0.0190 e. The molecule has 0 saturated carbocycles. The molecular formula is C6H13Br2N. The predicted octanol–water partition coefficient (Wildman–Crippen LogP) is 2.05. The van der Waals surface area contributed by atoms with Gasteiger partial charge >= 0.3 is 0 Å². The third-order valence-electron chi connectivity index (χ3n) is 1.85. The normalized spacial score (nSPS) is 28.0. The fourth-order valence-electron chi connectivity index (χ4n) is 1.17. The van der Waals surface area contributed by atoms with Gasteiger partial charge in [-0.2, -0.15) is 0 Å². The molecule has 0 aromatic carbocycles. The van der Waals surface area contributed by atoms with Crippen molar-refractivity contribution in [3.63, 3.8) is 0 Å². The lowest BCUT2D eigenvalue weighted by atomic mass is 10.2. The van der Waals surface area contributed by atoms with E-state index in [-0.39, 0.29) is 17.0 Å². The Kier molecular flexibility index (Phi) is 5.17. The van der Waals surface area contributed by atoms with Crippen molar-refractivity contribution in [3.05, 3.63) is 0 Å². The van der Waals surface area contributed by atoms with Crippen LogP contribution >= 0.6 is 32.9 Å². The summed E-state index contributed by atoms with van der Waals surface area (Å²) in [6.07, 6.45) is 2.76.